The van der Waals surface area contributed by atoms with Crippen molar-refractivity contribution in [1.82, 2.24) is 0 Å². The van der Waals surface area contributed by atoms with E-state index in [0.29, 0.717) is 12.0 Å². The van der Waals surface area contributed by atoms with E-state index in [4.69, 9.17) is 9.47 Å². The topological polar surface area (TPSA) is 52.6 Å². The van der Waals surface area contributed by atoms with Crippen LogP contribution >= 0.6 is 0 Å². The average Bonchev–Trinajstić information content (AvgIpc) is 2.44. The number of unbranched alkanes of at least 4 members (excludes halogenated alkanes) is 2. The van der Waals surface area contributed by atoms with Crippen LogP contribution in [-0.4, -0.2) is 26.2 Å². The number of hydrogen-bond acceptors (Lipinski definition) is 4. The number of hydrogen-bond donors (Lipinski definition) is 0. The third-order valence-corrected chi connectivity index (χ3v) is 3.43. The normalized spacial score (nSPS) is 11.8. The Hall–Kier alpha value is -1.58. The van der Waals surface area contributed by atoms with E-state index in [2.05, 4.69) is 20.1 Å². The van der Waals surface area contributed by atoms with E-state index in [-0.39, 0.29) is 5.92 Å². The van der Waals surface area contributed by atoms with E-state index in [9.17, 15) is 9.59 Å². The number of allylic oxidation sites excluding steroid dienone is 2. The smallest absolute Gasteiger partial charge is 0.320 e. The van der Waals surface area contributed by atoms with Crippen molar-refractivity contribution in [3.05, 3.63) is 24.3 Å². The number of carbonyl (C=O) groups excluding carboxylic acids is 2. The molecular formula is C16H26O4. The molecule has 0 bridgehead atoms. The molecule has 1 atom stereocenters. The second kappa shape index (κ2) is 9.34. The van der Waals surface area contributed by atoms with Crippen molar-refractivity contribution in [3.63, 3.8) is 0 Å². The van der Waals surface area contributed by atoms with E-state index >= 15 is 0 Å². The Balaban J connectivity index is 5.28. The first-order valence-corrected chi connectivity index (χ1v) is 6.90. The van der Waals surface area contributed by atoms with E-state index in [0.717, 1.165) is 24.8 Å². The highest BCUT2D eigenvalue weighted by Gasteiger charge is 2.38. The van der Waals surface area contributed by atoms with Crippen molar-refractivity contribution in [1.29, 1.82) is 0 Å². The molecule has 0 fully saturated rings. The molecule has 0 saturated heterocycles. The molecule has 0 aliphatic heterocycles. The van der Waals surface area contributed by atoms with Crippen LogP contribution in [0.3, 0.4) is 0 Å². The fraction of sp³-hybridized carbons (Fsp3) is 0.625. The molecule has 0 N–H and O–H groups in total. The molecule has 0 radical (unpaired) electrons. The molecular weight excluding hydrogens is 256 g/mol. The molecule has 0 saturated carbocycles. The zero-order valence-corrected chi connectivity index (χ0v) is 13.0. The zero-order valence-electron chi connectivity index (χ0n) is 13.0. The lowest BCUT2D eigenvalue weighted by molar-refractivity contribution is -0.161. The van der Waals surface area contributed by atoms with Crippen molar-refractivity contribution in [3.8, 4) is 0 Å². The number of methoxy groups -OCH3 is 2. The molecule has 1 unspecified atom stereocenters. The average molecular weight is 282 g/mol. The van der Waals surface area contributed by atoms with Crippen LogP contribution in [0.2, 0.25) is 0 Å². The minimum absolute atomic E-state index is 0.320. The van der Waals surface area contributed by atoms with Gasteiger partial charge in [0.2, 0.25) is 0 Å². The molecule has 0 rings (SSSR count). The third-order valence-electron chi connectivity index (χ3n) is 3.43. The summed E-state index contributed by atoms with van der Waals surface area (Å²) in [5.74, 6) is -2.45. The molecule has 0 aliphatic carbocycles. The second-order valence-electron chi connectivity index (χ2n) is 4.93. The number of rotatable bonds is 9. The van der Waals surface area contributed by atoms with Crippen LogP contribution in [0, 0.1) is 11.8 Å². The Morgan fingerprint density at radius 2 is 1.55 bits per heavy atom. The van der Waals surface area contributed by atoms with Gasteiger partial charge >= 0.3 is 11.9 Å². The maximum atomic E-state index is 11.9. The van der Waals surface area contributed by atoms with Crippen LogP contribution in [0.1, 0.15) is 39.5 Å². The van der Waals surface area contributed by atoms with Gasteiger partial charge in [-0.1, -0.05) is 44.9 Å². The van der Waals surface area contributed by atoms with Gasteiger partial charge in [-0.2, -0.15) is 0 Å². The van der Waals surface area contributed by atoms with Crippen molar-refractivity contribution in [2.75, 3.05) is 14.2 Å². The molecule has 4 heteroatoms. The summed E-state index contributed by atoms with van der Waals surface area (Å²) in [6, 6.07) is 0. The second-order valence-corrected chi connectivity index (χ2v) is 4.93. The fourth-order valence-electron chi connectivity index (χ4n) is 2.15. The summed E-state index contributed by atoms with van der Waals surface area (Å²) >= 11 is 0. The predicted molar refractivity (Wildman–Crippen MR) is 79.1 cm³/mol. The first-order chi connectivity index (χ1) is 9.40. The van der Waals surface area contributed by atoms with Crippen molar-refractivity contribution in [2.45, 2.75) is 39.5 Å². The quantitative estimate of drug-likeness (QED) is 0.282. The highest BCUT2D eigenvalue weighted by atomic mass is 16.5. The van der Waals surface area contributed by atoms with Gasteiger partial charge in [0.25, 0.3) is 0 Å². The maximum absolute atomic E-state index is 11.9. The minimum atomic E-state index is -0.967. The van der Waals surface area contributed by atoms with Crippen molar-refractivity contribution < 1.29 is 19.1 Å². The molecule has 0 aromatic carbocycles. The molecule has 20 heavy (non-hydrogen) atoms. The highest BCUT2D eigenvalue weighted by molar-refractivity contribution is 5.95. The van der Waals surface area contributed by atoms with Crippen LogP contribution in [0.15, 0.2) is 24.3 Å². The molecule has 4 nitrogen and oxygen atoms in total. The van der Waals surface area contributed by atoms with E-state index in [1.54, 1.807) is 0 Å². The monoisotopic (exact) mass is 282 g/mol. The van der Waals surface area contributed by atoms with Gasteiger partial charge in [0.05, 0.1) is 14.2 Å². The van der Waals surface area contributed by atoms with Crippen molar-refractivity contribution >= 4 is 11.9 Å². The Kier molecular flexibility index (Phi) is 8.61. The van der Waals surface area contributed by atoms with Crippen LogP contribution in [0.5, 0.6) is 0 Å². The first kappa shape index (κ1) is 18.4. The van der Waals surface area contributed by atoms with Crippen molar-refractivity contribution in [2.24, 2.45) is 11.8 Å². The van der Waals surface area contributed by atoms with Gasteiger partial charge in [0, 0.05) is 5.92 Å². The largest absolute Gasteiger partial charge is 0.468 e. The Morgan fingerprint density at radius 1 is 1.05 bits per heavy atom. The number of ether oxygens (including phenoxy) is 2. The molecule has 0 aromatic rings. The zero-order chi connectivity index (χ0) is 15.7. The summed E-state index contributed by atoms with van der Waals surface area (Å²) in [6.45, 7) is 11.7. The molecule has 0 heterocycles. The lowest BCUT2D eigenvalue weighted by atomic mass is 9.80. The third kappa shape index (κ3) is 5.19. The summed E-state index contributed by atoms with van der Waals surface area (Å²) < 4.78 is 9.48. The standard InChI is InChI=1S/C16H26O4/c1-7-8-9-10-13(12(4)11(2)3)14(15(17)19-5)16(18)20-6/h13-14H,2,4,7-10H2,1,3,5-6H3. The molecule has 0 spiro atoms. The summed E-state index contributed by atoms with van der Waals surface area (Å²) in [5, 5.41) is 0. The van der Waals surface area contributed by atoms with Crippen LogP contribution in [0.25, 0.3) is 0 Å². The molecule has 0 aliphatic rings. The summed E-state index contributed by atoms with van der Waals surface area (Å²) in [5.41, 5.74) is 1.48. The Labute approximate surface area is 121 Å². The Bertz CT molecular complexity index is 355. The van der Waals surface area contributed by atoms with Gasteiger partial charge in [-0.25, -0.2) is 0 Å². The first-order valence-electron chi connectivity index (χ1n) is 6.90. The number of esters is 2. The fourth-order valence-corrected chi connectivity index (χ4v) is 2.15. The lowest BCUT2D eigenvalue weighted by Crippen LogP contribution is -2.34. The van der Waals surface area contributed by atoms with Gasteiger partial charge in [-0.15, -0.1) is 0 Å². The van der Waals surface area contributed by atoms with Gasteiger partial charge in [0.1, 0.15) is 0 Å². The van der Waals surface area contributed by atoms with Gasteiger partial charge < -0.3 is 9.47 Å². The summed E-state index contributed by atoms with van der Waals surface area (Å²) in [6.07, 6.45) is 3.70. The van der Waals surface area contributed by atoms with E-state index in [1.165, 1.54) is 14.2 Å². The molecule has 114 valence electrons. The van der Waals surface area contributed by atoms with E-state index < -0.39 is 17.9 Å². The maximum Gasteiger partial charge on any atom is 0.320 e. The van der Waals surface area contributed by atoms with Crippen LogP contribution in [-0.2, 0) is 19.1 Å². The van der Waals surface area contributed by atoms with Gasteiger partial charge in [0.15, 0.2) is 5.92 Å². The van der Waals surface area contributed by atoms with Gasteiger partial charge in [-0.05, 0) is 18.9 Å². The van der Waals surface area contributed by atoms with Crippen LogP contribution in [0.4, 0.5) is 0 Å². The number of carbonyl (C=O) groups is 2. The SMILES string of the molecule is C=C(C)C(=C)C(CCCCC)C(C(=O)OC)C(=O)OC. The summed E-state index contributed by atoms with van der Waals surface area (Å²) in [7, 11) is 2.54. The molecule has 0 aromatic heterocycles. The Morgan fingerprint density at radius 3 is 1.90 bits per heavy atom. The van der Waals surface area contributed by atoms with E-state index in [1.807, 2.05) is 6.92 Å². The molecule has 0 amide bonds. The predicted octanol–water partition coefficient (Wildman–Crippen LogP) is 3.28. The lowest BCUT2D eigenvalue weighted by Gasteiger charge is -2.25. The van der Waals surface area contributed by atoms with Crippen LogP contribution < -0.4 is 0 Å². The summed E-state index contributed by atoms with van der Waals surface area (Å²) in [4.78, 5) is 23.8. The highest BCUT2D eigenvalue weighted by Crippen LogP contribution is 2.31. The minimum Gasteiger partial charge on any atom is -0.468 e. The van der Waals surface area contributed by atoms with Gasteiger partial charge in [-0.3, -0.25) is 9.59 Å².